The van der Waals surface area contributed by atoms with Gasteiger partial charge >= 0.3 is 5.97 Å². The van der Waals surface area contributed by atoms with E-state index in [1.54, 1.807) is 42.6 Å². The minimum atomic E-state index is -0.515. The third kappa shape index (κ3) is 4.54. The Morgan fingerprint density at radius 3 is 2.36 bits per heavy atom. The summed E-state index contributed by atoms with van der Waals surface area (Å²) < 4.78 is 4.74. The maximum Gasteiger partial charge on any atom is 0.339 e. The van der Waals surface area contributed by atoms with Crippen molar-refractivity contribution in [2.45, 2.75) is 13.0 Å². The molecule has 0 fully saturated rings. The number of amides is 1. The van der Waals surface area contributed by atoms with Gasteiger partial charge in [-0.05, 0) is 36.8 Å². The molecule has 0 spiro atoms. The van der Waals surface area contributed by atoms with Crippen LogP contribution >= 0.6 is 0 Å². The van der Waals surface area contributed by atoms with Crippen molar-refractivity contribution in [3.8, 4) is 0 Å². The van der Waals surface area contributed by atoms with E-state index in [0.29, 0.717) is 5.69 Å². The van der Waals surface area contributed by atoms with Crippen molar-refractivity contribution in [2.75, 3.05) is 17.7 Å². The lowest BCUT2D eigenvalue weighted by Crippen LogP contribution is -2.16. The first-order chi connectivity index (χ1) is 13.6. The molecule has 0 aliphatic rings. The van der Waals surface area contributed by atoms with E-state index in [4.69, 9.17) is 4.74 Å². The van der Waals surface area contributed by atoms with Gasteiger partial charge < -0.3 is 15.4 Å². The molecule has 2 N–H and O–H groups in total. The highest BCUT2D eigenvalue weighted by Crippen LogP contribution is 2.20. The van der Waals surface area contributed by atoms with Crippen molar-refractivity contribution >= 4 is 23.3 Å². The molecule has 1 unspecified atom stereocenters. The molecule has 0 saturated heterocycles. The fraction of sp³-hybridized carbons (Fsp3) is 0.136. The number of pyridine rings is 1. The number of hydrogen-bond acceptors (Lipinski definition) is 5. The Balaban J connectivity index is 1.68. The number of hydrogen-bond donors (Lipinski definition) is 2. The third-order valence-corrected chi connectivity index (χ3v) is 4.26. The summed E-state index contributed by atoms with van der Waals surface area (Å²) in [5.41, 5.74) is 2.87. The summed E-state index contributed by atoms with van der Waals surface area (Å²) in [5, 5.41) is 6.06. The van der Waals surface area contributed by atoms with Gasteiger partial charge in [-0.3, -0.25) is 4.79 Å². The SMILES string of the molecule is COC(=O)c1ccccc1NC(=O)c1ccc(NC(C)c2ccccc2)cn1. The molecule has 2 aromatic carbocycles. The molecule has 3 rings (SSSR count). The number of nitrogens with one attached hydrogen (secondary N) is 2. The normalized spacial score (nSPS) is 11.4. The Bertz CT molecular complexity index is 956. The summed E-state index contributed by atoms with van der Waals surface area (Å²) in [5.74, 6) is -0.919. The Morgan fingerprint density at radius 2 is 1.68 bits per heavy atom. The molecule has 0 aliphatic carbocycles. The fourth-order valence-corrected chi connectivity index (χ4v) is 2.76. The molecule has 1 heterocycles. The van der Waals surface area contributed by atoms with Crippen LogP contribution in [0.2, 0.25) is 0 Å². The van der Waals surface area contributed by atoms with Gasteiger partial charge in [-0.15, -0.1) is 0 Å². The second-order valence-corrected chi connectivity index (χ2v) is 6.20. The van der Waals surface area contributed by atoms with Gasteiger partial charge in [-0.2, -0.15) is 0 Å². The highest BCUT2D eigenvalue weighted by atomic mass is 16.5. The van der Waals surface area contributed by atoms with Gasteiger partial charge in [0.2, 0.25) is 0 Å². The number of methoxy groups -OCH3 is 1. The third-order valence-electron chi connectivity index (χ3n) is 4.26. The van der Waals surface area contributed by atoms with Crippen LogP contribution in [-0.2, 0) is 4.74 Å². The van der Waals surface area contributed by atoms with Crippen LogP contribution in [0.15, 0.2) is 72.9 Å². The molecule has 1 amide bonds. The molecule has 0 bridgehead atoms. The predicted octanol–water partition coefficient (Wildman–Crippen LogP) is 4.29. The molecule has 6 heteroatoms. The van der Waals surface area contributed by atoms with Gasteiger partial charge in [0.25, 0.3) is 5.91 Å². The van der Waals surface area contributed by atoms with Gasteiger partial charge in [0.1, 0.15) is 5.69 Å². The highest BCUT2D eigenvalue weighted by molar-refractivity contribution is 6.07. The highest BCUT2D eigenvalue weighted by Gasteiger charge is 2.15. The minimum absolute atomic E-state index is 0.106. The van der Waals surface area contributed by atoms with Crippen molar-refractivity contribution in [1.82, 2.24) is 4.98 Å². The van der Waals surface area contributed by atoms with Gasteiger partial charge in [-0.1, -0.05) is 42.5 Å². The van der Waals surface area contributed by atoms with E-state index in [2.05, 4.69) is 22.5 Å². The average Bonchev–Trinajstić information content (AvgIpc) is 2.74. The van der Waals surface area contributed by atoms with E-state index in [-0.39, 0.29) is 17.3 Å². The van der Waals surface area contributed by atoms with Crippen molar-refractivity contribution in [3.63, 3.8) is 0 Å². The van der Waals surface area contributed by atoms with E-state index >= 15 is 0 Å². The second kappa shape index (κ2) is 8.81. The zero-order chi connectivity index (χ0) is 19.9. The molecule has 3 aromatic rings. The fourth-order valence-electron chi connectivity index (χ4n) is 2.76. The Kier molecular flexibility index (Phi) is 6.01. The van der Waals surface area contributed by atoms with E-state index in [1.165, 1.54) is 7.11 Å². The van der Waals surface area contributed by atoms with Crippen LogP contribution < -0.4 is 10.6 Å². The smallest absolute Gasteiger partial charge is 0.339 e. The summed E-state index contributed by atoms with van der Waals surface area (Å²) in [4.78, 5) is 28.5. The molecule has 0 aliphatic heterocycles. The van der Waals surface area contributed by atoms with Crippen molar-refractivity contribution in [3.05, 3.63) is 89.7 Å². The van der Waals surface area contributed by atoms with E-state index in [1.807, 2.05) is 30.3 Å². The molecule has 1 atom stereocenters. The topological polar surface area (TPSA) is 80.3 Å². The number of para-hydroxylation sites is 1. The minimum Gasteiger partial charge on any atom is -0.465 e. The van der Waals surface area contributed by atoms with E-state index < -0.39 is 11.9 Å². The van der Waals surface area contributed by atoms with Gasteiger partial charge in [0, 0.05) is 6.04 Å². The summed E-state index contributed by atoms with van der Waals surface area (Å²) in [6.07, 6.45) is 1.61. The summed E-state index contributed by atoms with van der Waals surface area (Å²) in [7, 11) is 1.30. The Morgan fingerprint density at radius 1 is 0.964 bits per heavy atom. The van der Waals surface area contributed by atoms with Crippen LogP contribution in [0.5, 0.6) is 0 Å². The second-order valence-electron chi connectivity index (χ2n) is 6.20. The van der Waals surface area contributed by atoms with E-state index in [9.17, 15) is 9.59 Å². The number of aromatic nitrogens is 1. The summed E-state index contributed by atoms with van der Waals surface area (Å²) in [6.45, 7) is 2.06. The van der Waals surface area contributed by atoms with Crippen LogP contribution in [0.1, 0.15) is 39.4 Å². The quantitative estimate of drug-likeness (QED) is 0.628. The van der Waals surface area contributed by atoms with Crippen molar-refractivity contribution in [2.24, 2.45) is 0 Å². The molecular weight excluding hydrogens is 354 g/mol. The van der Waals surface area contributed by atoms with Gasteiger partial charge in [-0.25, -0.2) is 9.78 Å². The molecule has 1 aromatic heterocycles. The predicted molar refractivity (Wildman–Crippen MR) is 108 cm³/mol. The lowest BCUT2D eigenvalue weighted by atomic mass is 10.1. The van der Waals surface area contributed by atoms with Crippen molar-refractivity contribution < 1.29 is 14.3 Å². The average molecular weight is 375 g/mol. The number of ether oxygens (including phenoxy) is 1. The van der Waals surface area contributed by atoms with Crippen molar-refractivity contribution in [1.29, 1.82) is 0 Å². The maximum atomic E-state index is 12.5. The molecule has 142 valence electrons. The number of esters is 1. The number of benzene rings is 2. The molecule has 0 radical (unpaired) electrons. The number of carbonyl (C=O) groups excluding carboxylic acids is 2. The van der Waals surface area contributed by atoms with Gasteiger partial charge in [0.05, 0.1) is 30.2 Å². The lowest BCUT2D eigenvalue weighted by molar-refractivity contribution is 0.0602. The van der Waals surface area contributed by atoms with Crippen LogP contribution in [0, 0.1) is 0 Å². The first-order valence-electron chi connectivity index (χ1n) is 8.84. The number of nitrogens with zero attached hydrogens (tertiary/aromatic N) is 1. The number of rotatable bonds is 6. The van der Waals surface area contributed by atoms with Crippen LogP contribution in [0.25, 0.3) is 0 Å². The lowest BCUT2D eigenvalue weighted by Gasteiger charge is -2.15. The summed E-state index contributed by atoms with van der Waals surface area (Å²) >= 11 is 0. The molecule has 28 heavy (non-hydrogen) atoms. The zero-order valence-corrected chi connectivity index (χ0v) is 15.7. The van der Waals surface area contributed by atoms with Crippen LogP contribution in [-0.4, -0.2) is 24.0 Å². The first kappa shape index (κ1) is 19.1. The Labute approximate surface area is 163 Å². The zero-order valence-electron chi connectivity index (χ0n) is 15.7. The number of carbonyl (C=O) groups is 2. The summed E-state index contributed by atoms with van der Waals surface area (Å²) in [6, 6.07) is 20.3. The monoisotopic (exact) mass is 375 g/mol. The van der Waals surface area contributed by atoms with E-state index in [0.717, 1.165) is 11.3 Å². The molecule has 6 nitrogen and oxygen atoms in total. The molecule has 0 saturated carbocycles. The van der Waals surface area contributed by atoms with Gasteiger partial charge in [0.15, 0.2) is 0 Å². The Hall–Kier alpha value is -3.67. The van der Waals surface area contributed by atoms with Crippen LogP contribution in [0.3, 0.4) is 0 Å². The first-order valence-corrected chi connectivity index (χ1v) is 8.84. The number of anilines is 2. The standard InChI is InChI=1S/C22H21N3O3/c1-15(16-8-4-3-5-9-16)24-17-12-13-20(23-14-17)21(26)25-19-11-7-6-10-18(19)22(27)28-2/h3-15,24H,1-2H3,(H,25,26). The largest absolute Gasteiger partial charge is 0.465 e. The van der Waals surface area contributed by atoms with Crippen LogP contribution in [0.4, 0.5) is 11.4 Å². The maximum absolute atomic E-state index is 12.5. The molecular formula is C22H21N3O3.